The zero-order valence-corrected chi connectivity index (χ0v) is 12.3. The van der Waals surface area contributed by atoms with Crippen LogP contribution in [0.15, 0.2) is 12.1 Å². The van der Waals surface area contributed by atoms with Gasteiger partial charge in [0.05, 0.1) is 11.1 Å². The Morgan fingerprint density at radius 1 is 1.50 bits per heavy atom. The summed E-state index contributed by atoms with van der Waals surface area (Å²) >= 11 is 5.89. The number of rotatable bonds is 4. The van der Waals surface area contributed by atoms with Crippen molar-refractivity contribution in [2.75, 3.05) is 6.54 Å². The maximum absolute atomic E-state index is 14.1. The summed E-state index contributed by atoms with van der Waals surface area (Å²) in [5.74, 6) is -0.390. The molecule has 0 aliphatic carbocycles. The SMILES string of the molecule is O=C(NCc1cc(-c2nn[nH]n2)cc(Cl)c1F)C1CCCN1. The van der Waals surface area contributed by atoms with Crippen molar-refractivity contribution in [3.05, 3.63) is 28.5 Å². The zero-order valence-electron chi connectivity index (χ0n) is 11.6. The number of aromatic amines is 1. The molecule has 0 radical (unpaired) electrons. The maximum Gasteiger partial charge on any atom is 0.237 e. The Kier molecular flexibility index (Phi) is 4.30. The summed E-state index contributed by atoms with van der Waals surface area (Å²) < 4.78 is 14.1. The lowest BCUT2D eigenvalue weighted by molar-refractivity contribution is -0.122. The van der Waals surface area contributed by atoms with Gasteiger partial charge in [-0.05, 0) is 36.7 Å². The van der Waals surface area contributed by atoms with E-state index in [1.54, 1.807) is 6.07 Å². The number of aromatic nitrogens is 4. The van der Waals surface area contributed by atoms with Gasteiger partial charge in [-0.15, -0.1) is 10.2 Å². The van der Waals surface area contributed by atoms with Crippen LogP contribution in [0.1, 0.15) is 18.4 Å². The van der Waals surface area contributed by atoms with Crippen molar-refractivity contribution < 1.29 is 9.18 Å². The standard InChI is InChI=1S/C13H14ClFN6O/c14-9-5-7(12-18-20-21-19-12)4-8(11(9)15)6-17-13(22)10-2-1-3-16-10/h4-5,10,16H,1-3,6H2,(H,17,22)(H,18,19,20,21). The monoisotopic (exact) mass is 324 g/mol. The Morgan fingerprint density at radius 2 is 2.36 bits per heavy atom. The van der Waals surface area contributed by atoms with E-state index < -0.39 is 5.82 Å². The molecule has 7 nitrogen and oxygen atoms in total. The van der Waals surface area contributed by atoms with Gasteiger partial charge in [0.15, 0.2) is 0 Å². The predicted octanol–water partition coefficient (Wildman–Crippen LogP) is 1.03. The number of carbonyl (C=O) groups is 1. The second kappa shape index (κ2) is 6.37. The molecule has 1 aromatic carbocycles. The first-order valence-electron chi connectivity index (χ1n) is 6.88. The Bertz CT molecular complexity index is 671. The van der Waals surface area contributed by atoms with Crippen LogP contribution in [0.4, 0.5) is 4.39 Å². The highest BCUT2D eigenvalue weighted by Gasteiger charge is 2.22. The van der Waals surface area contributed by atoms with E-state index in [0.29, 0.717) is 11.4 Å². The van der Waals surface area contributed by atoms with Gasteiger partial charge in [0, 0.05) is 17.7 Å². The number of tetrazole rings is 1. The summed E-state index contributed by atoms with van der Waals surface area (Å²) in [6.45, 7) is 0.875. The molecule has 2 heterocycles. The van der Waals surface area contributed by atoms with Crippen LogP contribution >= 0.6 is 11.6 Å². The molecule has 22 heavy (non-hydrogen) atoms. The van der Waals surface area contributed by atoms with Crippen LogP contribution < -0.4 is 10.6 Å². The number of carbonyl (C=O) groups excluding carboxylic acids is 1. The summed E-state index contributed by atoms with van der Waals surface area (Å²) in [5.41, 5.74) is 0.807. The molecule has 1 aliphatic rings. The van der Waals surface area contributed by atoms with E-state index in [2.05, 4.69) is 31.3 Å². The van der Waals surface area contributed by atoms with Gasteiger partial charge >= 0.3 is 0 Å². The first kappa shape index (κ1) is 14.9. The summed E-state index contributed by atoms with van der Waals surface area (Å²) in [6.07, 6.45) is 1.75. The largest absolute Gasteiger partial charge is 0.351 e. The van der Waals surface area contributed by atoms with E-state index in [1.165, 1.54) is 6.07 Å². The molecule has 1 aliphatic heterocycles. The summed E-state index contributed by atoms with van der Waals surface area (Å²) in [4.78, 5) is 12.0. The van der Waals surface area contributed by atoms with E-state index in [4.69, 9.17) is 11.6 Å². The molecule has 3 rings (SSSR count). The van der Waals surface area contributed by atoms with Crippen LogP contribution in [0.3, 0.4) is 0 Å². The number of halogens is 2. The molecule has 1 aromatic heterocycles. The minimum atomic E-state index is -0.561. The van der Waals surface area contributed by atoms with Crippen molar-refractivity contribution in [2.24, 2.45) is 0 Å². The second-order valence-electron chi connectivity index (χ2n) is 5.03. The van der Waals surface area contributed by atoms with E-state index in [0.717, 1.165) is 19.4 Å². The number of H-pyrrole nitrogens is 1. The number of nitrogens with one attached hydrogen (secondary N) is 3. The van der Waals surface area contributed by atoms with Gasteiger partial charge in [-0.25, -0.2) is 4.39 Å². The normalized spacial score (nSPS) is 17.6. The van der Waals surface area contributed by atoms with E-state index >= 15 is 0 Å². The molecule has 9 heteroatoms. The smallest absolute Gasteiger partial charge is 0.237 e. The molecule has 3 N–H and O–H groups in total. The predicted molar refractivity (Wildman–Crippen MR) is 77.5 cm³/mol. The van der Waals surface area contributed by atoms with Crippen LogP contribution in [0, 0.1) is 5.82 Å². The number of amides is 1. The molecule has 116 valence electrons. The van der Waals surface area contributed by atoms with Gasteiger partial charge in [-0.3, -0.25) is 4.79 Å². The highest BCUT2D eigenvalue weighted by atomic mass is 35.5. The van der Waals surface area contributed by atoms with Gasteiger partial charge in [0.1, 0.15) is 5.82 Å². The minimum Gasteiger partial charge on any atom is -0.351 e. The molecule has 0 spiro atoms. The molecule has 1 fully saturated rings. The van der Waals surface area contributed by atoms with E-state index in [9.17, 15) is 9.18 Å². The summed E-state index contributed by atoms with van der Waals surface area (Å²) in [6, 6.07) is 2.76. The second-order valence-corrected chi connectivity index (χ2v) is 5.44. The number of nitrogens with zero attached hydrogens (tertiary/aromatic N) is 3. The Labute approximate surface area is 130 Å². The van der Waals surface area contributed by atoms with Crippen molar-refractivity contribution >= 4 is 17.5 Å². The molecule has 1 unspecified atom stereocenters. The fourth-order valence-electron chi connectivity index (χ4n) is 2.40. The lowest BCUT2D eigenvalue weighted by Gasteiger charge is -2.12. The van der Waals surface area contributed by atoms with Crippen molar-refractivity contribution in [1.29, 1.82) is 0 Å². The van der Waals surface area contributed by atoms with Gasteiger partial charge in [0.25, 0.3) is 0 Å². The minimum absolute atomic E-state index is 0.0499. The Morgan fingerprint density at radius 3 is 3.05 bits per heavy atom. The molecule has 0 bridgehead atoms. The Hall–Kier alpha value is -2.06. The highest BCUT2D eigenvalue weighted by molar-refractivity contribution is 6.31. The van der Waals surface area contributed by atoms with Crippen LogP contribution in [-0.2, 0) is 11.3 Å². The first-order chi connectivity index (χ1) is 10.6. The zero-order chi connectivity index (χ0) is 15.5. The van der Waals surface area contributed by atoms with Crippen molar-refractivity contribution in [1.82, 2.24) is 31.3 Å². The lowest BCUT2D eigenvalue weighted by Crippen LogP contribution is -2.40. The average molecular weight is 325 g/mol. The highest BCUT2D eigenvalue weighted by Crippen LogP contribution is 2.25. The van der Waals surface area contributed by atoms with E-state index in [-0.39, 0.29) is 29.1 Å². The van der Waals surface area contributed by atoms with Gasteiger partial charge in [-0.2, -0.15) is 5.21 Å². The quantitative estimate of drug-likeness (QED) is 0.780. The first-order valence-corrected chi connectivity index (χ1v) is 7.26. The molecule has 1 atom stereocenters. The van der Waals surface area contributed by atoms with Crippen molar-refractivity contribution in [2.45, 2.75) is 25.4 Å². The van der Waals surface area contributed by atoms with Crippen LogP contribution in [0.2, 0.25) is 5.02 Å². The fourth-order valence-corrected chi connectivity index (χ4v) is 2.64. The van der Waals surface area contributed by atoms with Crippen LogP contribution in [-0.4, -0.2) is 39.1 Å². The third kappa shape index (κ3) is 3.07. The van der Waals surface area contributed by atoms with Crippen LogP contribution in [0.25, 0.3) is 11.4 Å². The third-order valence-corrected chi connectivity index (χ3v) is 3.81. The molecule has 1 saturated heterocycles. The average Bonchev–Trinajstić information content (AvgIpc) is 3.21. The third-order valence-electron chi connectivity index (χ3n) is 3.54. The fraction of sp³-hybridized carbons (Fsp3) is 0.385. The summed E-state index contributed by atoms with van der Waals surface area (Å²) in [5, 5.41) is 19.2. The molecule has 0 saturated carbocycles. The number of hydrogen-bond acceptors (Lipinski definition) is 5. The topological polar surface area (TPSA) is 95.6 Å². The van der Waals surface area contributed by atoms with Crippen molar-refractivity contribution in [3.8, 4) is 11.4 Å². The summed E-state index contributed by atoms with van der Waals surface area (Å²) in [7, 11) is 0. The molecular weight excluding hydrogens is 311 g/mol. The number of hydrogen-bond donors (Lipinski definition) is 3. The molecular formula is C13H14ClFN6O. The number of benzene rings is 1. The van der Waals surface area contributed by atoms with Crippen LogP contribution in [0.5, 0.6) is 0 Å². The van der Waals surface area contributed by atoms with E-state index in [1.807, 2.05) is 0 Å². The lowest BCUT2D eigenvalue weighted by atomic mass is 10.1. The maximum atomic E-state index is 14.1. The Balaban J connectivity index is 1.76. The molecule has 2 aromatic rings. The van der Waals surface area contributed by atoms with Gasteiger partial charge in [0.2, 0.25) is 11.7 Å². The van der Waals surface area contributed by atoms with Gasteiger partial charge < -0.3 is 10.6 Å². The molecule has 1 amide bonds. The van der Waals surface area contributed by atoms with Crippen molar-refractivity contribution in [3.63, 3.8) is 0 Å². The van der Waals surface area contributed by atoms with Gasteiger partial charge in [-0.1, -0.05) is 11.6 Å².